The maximum atomic E-state index is 12.8. The Morgan fingerprint density at radius 2 is 1.42 bits per heavy atom. The summed E-state index contributed by atoms with van der Waals surface area (Å²) < 4.78 is 0. The molecule has 1 aliphatic heterocycles. The number of hydrogen-bond donors (Lipinski definition) is 10. The maximum Gasteiger partial charge on any atom is 0.475 e. The van der Waals surface area contributed by atoms with E-state index in [-0.39, 0.29) is 77.4 Å². The van der Waals surface area contributed by atoms with Crippen LogP contribution in [0, 0.1) is 0 Å². The molecule has 2 rings (SSSR count). The van der Waals surface area contributed by atoms with E-state index in [1.807, 2.05) is 0 Å². The molecule has 1 aromatic rings. The van der Waals surface area contributed by atoms with E-state index >= 15 is 0 Å². The van der Waals surface area contributed by atoms with Crippen LogP contribution >= 0.6 is 0 Å². The van der Waals surface area contributed by atoms with Crippen LogP contribution in [0.25, 0.3) is 0 Å². The van der Waals surface area contributed by atoms with Gasteiger partial charge in [0.25, 0.3) is 5.91 Å². The summed E-state index contributed by atoms with van der Waals surface area (Å²) in [6.07, 6.45) is 0.993. The number of amides is 4. The average Bonchev–Trinajstić information content (AvgIpc) is 3.63. The molecule has 306 valence electrons. The number of rotatable bonds is 27. The van der Waals surface area contributed by atoms with Gasteiger partial charge in [-0.05, 0) is 50.6 Å². The van der Waals surface area contributed by atoms with Gasteiger partial charge < -0.3 is 46.2 Å². The largest absolute Gasteiger partial charge is 0.480 e. The maximum absolute atomic E-state index is 12.8. The topological polar surface area (TPSA) is 294 Å². The molecule has 55 heavy (non-hydrogen) atoms. The van der Waals surface area contributed by atoms with E-state index in [0.717, 1.165) is 0 Å². The van der Waals surface area contributed by atoms with Crippen LogP contribution in [0.5, 0.6) is 0 Å². The molecule has 0 aromatic heterocycles. The molecule has 10 N–H and O–H groups in total. The van der Waals surface area contributed by atoms with Crippen LogP contribution in [0.15, 0.2) is 24.3 Å². The number of nitrogens with one attached hydrogen (secondary N) is 5. The van der Waals surface area contributed by atoms with Crippen molar-refractivity contribution in [3.63, 3.8) is 0 Å². The first-order valence-electron chi connectivity index (χ1n) is 18.0. The van der Waals surface area contributed by atoms with Gasteiger partial charge in [0.1, 0.15) is 6.04 Å². The Balaban J connectivity index is 1.82. The first-order valence-corrected chi connectivity index (χ1v) is 18.0. The molecule has 1 aliphatic rings. The Bertz CT molecular complexity index is 1440. The number of carboxylic acid groups (broad SMARTS) is 3. The zero-order valence-electron chi connectivity index (χ0n) is 31.2. The zero-order chi connectivity index (χ0) is 40.9. The van der Waals surface area contributed by atoms with E-state index in [1.54, 1.807) is 21.6 Å². The zero-order valence-corrected chi connectivity index (χ0v) is 31.2. The van der Waals surface area contributed by atoms with Crippen molar-refractivity contribution in [1.82, 2.24) is 41.0 Å². The monoisotopic (exact) mass is 779 g/mol. The van der Waals surface area contributed by atoms with Crippen molar-refractivity contribution in [1.29, 1.82) is 0 Å². The van der Waals surface area contributed by atoms with E-state index in [2.05, 4.69) is 26.8 Å². The molecule has 0 bridgehead atoms. The normalized spacial score (nSPS) is 14.5. The van der Waals surface area contributed by atoms with Crippen molar-refractivity contribution in [3.05, 3.63) is 29.8 Å². The van der Waals surface area contributed by atoms with Gasteiger partial charge in [-0.1, -0.05) is 6.92 Å². The van der Waals surface area contributed by atoms with E-state index < -0.39 is 60.6 Å². The number of nitrogens with zero attached hydrogens (tertiary/aromatic N) is 4. The Hall–Kier alpha value is -4.87. The highest BCUT2D eigenvalue weighted by Gasteiger charge is 2.38. The van der Waals surface area contributed by atoms with Crippen LogP contribution in [-0.4, -0.2) is 191 Å². The molecule has 1 aromatic carbocycles. The number of anilines is 1. The average molecular weight is 780 g/mol. The van der Waals surface area contributed by atoms with Gasteiger partial charge in [-0.3, -0.25) is 59.1 Å². The fraction of sp³-hybridized carbons (Fsp3) is 0.606. The molecule has 1 heterocycles. The minimum absolute atomic E-state index is 0.00945. The predicted molar refractivity (Wildman–Crippen MR) is 198 cm³/mol. The summed E-state index contributed by atoms with van der Waals surface area (Å²) in [5.74, 6) is -5.65. The van der Waals surface area contributed by atoms with Crippen LogP contribution in [0.4, 0.5) is 5.69 Å². The van der Waals surface area contributed by atoms with Crippen molar-refractivity contribution in [2.45, 2.75) is 45.1 Å². The third kappa shape index (κ3) is 18.3. The van der Waals surface area contributed by atoms with Crippen molar-refractivity contribution >= 4 is 54.3 Å². The number of benzene rings is 1. The van der Waals surface area contributed by atoms with E-state index in [0.29, 0.717) is 38.2 Å². The summed E-state index contributed by atoms with van der Waals surface area (Å²) in [6.45, 7) is 4.80. The first-order chi connectivity index (χ1) is 26.1. The molecule has 1 fully saturated rings. The number of likely N-dealkylation sites (tertiary alicyclic amines) is 1. The third-order valence-electron chi connectivity index (χ3n) is 8.69. The van der Waals surface area contributed by atoms with Gasteiger partial charge in [0.2, 0.25) is 17.7 Å². The molecule has 0 radical (unpaired) electrons. The second-order valence-electron chi connectivity index (χ2n) is 13.0. The van der Waals surface area contributed by atoms with Crippen molar-refractivity contribution in [2.75, 3.05) is 90.5 Å². The van der Waals surface area contributed by atoms with Crippen molar-refractivity contribution in [3.8, 4) is 0 Å². The smallest absolute Gasteiger partial charge is 0.475 e. The highest BCUT2D eigenvalue weighted by molar-refractivity contribution is 6.43. The lowest BCUT2D eigenvalue weighted by Gasteiger charge is -2.28. The molecule has 0 unspecified atom stereocenters. The van der Waals surface area contributed by atoms with Gasteiger partial charge in [-0.2, -0.15) is 0 Å². The number of hydrazine groups is 1. The molecular weight excluding hydrogens is 725 g/mol. The van der Waals surface area contributed by atoms with E-state index in [9.17, 15) is 48.7 Å². The fourth-order valence-corrected chi connectivity index (χ4v) is 5.72. The summed E-state index contributed by atoms with van der Waals surface area (Å²) in [7, 11) is -1.66. The van der Waals surface area contributed by atoms with Crippen LogP contribution in [0.3, 0.4) is 0 Å². The van der Waals surface area contributed by atoms with Crippen LogP contribution < -0.4 is 26.8 Å². The minimum atomic E-state index is -1.66. The van der Waals surface area contributed by atoms with Crippen LogP contribution in [0.1, 0.15) is 43.5 Å². The quantitative estimate of drug-likeness (QED) is 0.0236. The lowest BCUT2D eigenvalue weighted by Crippen LogP contribution is -2.52. The molecule has 0 saturated carbocycles. The summed E-state index contributed by atoms with van der Waals surface area (Å²) >= 11 is 0. The van der Waals surface area contributed by atoms with E-state index in [1.165, 1.54) is 36.1 Å². The number of carbonyl (C=O) groups is 7. The third-order valence-corrected chi connectivity index (χ3v) is 8.69. The number of aliphatic carboxylic acids is 3. The molecule has 0 spiro atoms. The molecule has 1 saturated heterocycles. The second-order valence-corrected chi connectivity index (χ2v) is 13.0. The van der Waals surface area contributed by atoms with Crippen molar-refractivity contribution in [2.24, 2.45) is 0 Å². The van der Waals surface area contributed by atoms with Gasteiger partial charge in [0.05, 0.1) is 37.8 Å². The summed E-state index contributed by atoms with van der Waals surface area (Å²) in [5, 5.41) is 54.5. The lowest BCUT2D eigenvalue weighted by atomic mass is 9.78. The number of carbonyl (C=O) groups excluding carboxylic acids is 4. The Morgan fingerprint density at radius 1 is 0.818 bits per heavy atom. The minimum Gasteiger partial charge on any atom is -0.480 e. The number of hydrogen-bond acceptors (Lipinski definition) is 14. The second kappa shape index (κ2) is 24.5. The summed E-state index contributed by atoms with van der Waals surface area (Å²) in [4.78, 5) is 90.5. The molecule has 0 aliphatic carbocycles. The van der Waals surface area contributed by atoms with Gasteiger partial charge in [0, 0.05) is 64.3 Å². The van der Waals surface area contributed by atoms with Gasteiger partial charge >= 0.3 is 25.0 Å². The number of likely N-dealkylation sites (N-methyl/N-ethyl adjacent to an activating group) is 1. The van der Waals surface area contributed by atoms with Crippen molar-refractivity contribution < 1.29 is 58.9 Å². The molecular formula is C33H54BN9O12. The van der Waals surface area contributed by atoms with Gasteiger partial charge in [-0.15, -0.1) is 0 Å². The van der Waals surface area contributed by atoms with E-state index in [4.69, 9.17) is 10.2 Å². The molecule has 4 amide bonds. The first kappa shape index (κ1) is 46.3. The van der Waals surface area contributed by atoms with Crippen LogP contribution in [-0.2, 0) is 28.8 Å². The Kier molecular flexibility index (Phi) is 20.6. The standard InChI is InChI=1S/C33H54BN9O12/c1-3-40(21-30(48)49)15-16-42(22-31(50)51)18-17-41(14-12-35-19-29(46)47)20-28(45)36-11-10-27(44)39-38-25-8-6-24(7-9-25)32(52)37-23(2)33(53)43-13-4-5-26(43)34(54)55/h6-9,23,26,35,38,54-55H,3-5,10-22H2,1-2H3,(H,36,45)(H,37,52)(H,39,44)(H,46,47)(H,48,49)(H,50,51)/t23-,26+/m1/s1. The number of carboxylic acids is 3. The Labute approximate surface area is 319 Å². The van der Waals surface area contributed by atoms with Crippen LogP contribution in [0.2, 0.25) is 0 Å². The Morgan fingerprint density at radius 3 is 2.00 bits per heavy atom. The fourth-order valence-electron chi connectivity index (χ4n) is 5.72. The predicted octanol–water partition coefficient (Wildman–Crippen LogP) is -3.47. The molecule has 2 atom stereocenters. The SMILES string of the molecule is CCN(CCN(CCN(CCNCC(=O)O)CC(=O)NCCC(=O)NNc1ccc(C(=O)N[C@H](C)C(=O)N2CCC[C@H]2B(O)O)cc1)CC(=O)O)CC(=O)O. The molecule has 21 nitrogen and oxygen atoms in total. The van der Waals surface area contributed by atoms with Gasteiger partial charge in [-0.25, -0.2) is 0 Å². The summed E-state index contributed by atoms with van der Waals surface area (Å²) in [5.41, 5.74) is 5.90. The summed E-state index contributed by atoms with van der Waals surface area (Å²) in [6, 6.07) is 5.15. The highest BCUT2D eigenvalue weighted by Crippen LogP contribution is 2.19. The van der Waals surface area contributed by atoms with Gasteiger partial charge in [0.15, 0.2) is 0 Å². The highest BCUT2D eigenvalue weighted by atomic mass is 16.4. The lowest BCUT2D eigenvalue weighted by molar-refractivity contribution is -0.140. The molecule has 22 heteroatoms.